The average Bonchev–Trinajstić information content (AvgIpc) is 3.23. The molecule has 2 aromatic carbocycles. The molecule has 1 unspecified atom stereocenters. The van der Waals surface area contributed by atoms with Crippen LogP contribution in [0.1, 0.15) is 24.1 Å². The first-order valence-corrected chi connectivity index (χ1v) is 13.5. The number of rotatable bonds is 5. The van der Waals surface area contributed by atoms with E-state index in [9.17, 15) is 27.6 Å². The average molecular weight is 596 g/mol. The van der Waals surface area contributed by atoms with Crippen molar-refractivity contribution in [1.29, 1.82) is 0 Å². The van der Waals surface area contributed by atoms with Gasteiger partial charge in [-0.2, -0.15) is 13.2 Å². The van der Waals surface area contributed by atoms with Gasteiger partial charge in [-0.3, -0.25) is 14.5 Å². The summed E-state index contributed by atoms with van der Waals surface area (Å²) in [5, 5.41) is 3.57. The number of likely N-dealkylation sites (N-methyl/N-ethyl adjacent to an activating group) is 1. The normalized spacial score (nSPS) is 19.8. The number of hydrogen-bond donors (Lipinski definition) is 1. The van der Waals surface area contributed by atoms with Gasteiger partial charge in [-0.15, -0.1) is 0 Å². The number of nitrogens with one attached hydrogen (secondary N) is 1. The molecule has 1 saturated heterocycles. The summed E-state index contributed by atoms with van der Waals surface area (Å²) in [5.74, 6) is -0.652. The van der Waals surface area contributed by atoms with E-state index in [1.165, 1.54) is 21.9 Å². The number of hydrogen-bond acceptors (Lipinski definition) is 4. The molecular weight excluding hydrogens is 570 g/mol. The SMILES string of the molecule is CCN1C(=O)NC(c2ccc(Cl)cc2Cl)C2=C1CN(CC(=O)N1CCN(c3cccc(C(F)(F)F)c3)CC1)C2=O. The molecule has 0 aliphatic carbocycles. The van der Waals surface area contributed by atoms with E-state index in [0.717, 1.165) is 12.1 Å². The van der Waals surface area contributed by atoms with Crippen LogP contribution < -0.4 is 10.2 Å². The van der Waals surface area contributed by atoms with Gasteiger partial charge in [0.15, 0.2) is 0 Å². The van der Waals surface area contributed by atoms with E-state index < -0.39 is 17.8 Å². The van der Waals surface area contributed by atoms with Crippen LogP contribution in [0.15, 0.2) is 53.7 Å². The van der Waals surface area contributed by atoms with Gasteiger partial charge in [-0.1, -0.05) is 35.3 Å². The summed E-state index contributed by atoms with van der Waals surface area (Å²) in [6.45, 7) is 3.34. The molecular formula is C27H26Cl2F3N5O3. The zero-order chi connectivity index (χ0) is 28.8. The highest BCUT2D eigenvalue weighted by molar-refractivity contribution is 6.35. The Morgan fingerprint density at radius 1 is 1.05 bits per heavy atom. The standard InChI is InChI=1S/C27H26Cl2F3N5O3/c1-2-37-21-14-36(25(39)23(21)24(33-26(37)40)19-7-6-17(28)13-20(19)29)15-22(38)35-10-8-34(9-11-35)18-5-3-4-16(12-18)27(30,31)32/h3-7,12-13,24H,2,8-11,14-15H2,1H3,(H,33,40). The lowest BCUT2D eigenvalue weighted by atomic mass is 9.95. The zero-order valence-corrected chi connectivity index (χ0v) is 23.0. The van der Waals surface area contributed by atoms with Gasteiger partial charge in [0.1, 0.15) is 6.54 Å². The fourth-order valence-corrected chi connectivity index (χ4v) is 5.85. The first-order chi connectivity index (χ1) is 19.0. The predicted octanol–water partition coefficient (Wildman–Crippen LogP) is 4.54. The Bertz CT molecular complexity index is 1390. The maximum absolute atomic E-state index is 13.6. The Labute approximate surface area is 238 Å². The van der Waals surface area contributed by atoms with Crippen LogP contribution in [0.2, 0.25) is 10.0 Å². The van der Waals surface area contributed by atoms with Gasteiger partial charge in [0.25, 0.3) is 5.91 Å². The molecule has 4 amide bonds. The van der Waals surface area contributed by atoms with Crippen molar-refractivity contribution >= 4 is 46.7 Å². The summed E-state index contributed by atoms with van der Waals surface area (Å²) in [6.07, 6.45) is -4.44. The van der Waals surface area contributed by atoms with Gasteiger partial charge < -0.3 is 20.0 Å². The Morgan fingerprint density at radius 3 is 2.42 bits per heavy atom. The van der Waals surface area contributed by atoms with Crippen molar-refractivity contribution in [2.45, 2.75) is 19.1 Å². The van der Waals surface area contributed by atoms with Crippen LogP contribution in [0, 0.1) is 0 Å². The van der Waals surface area contributed by atoms with Crippen LogP contribution in [-0.2, 0) is 15.8 Å². The van der Waals surface area contributed by atoms with Crippen LogP contribution in [0.5, 0.6) is 0 Å². The number of anilines is 1. The molecule has 13 heteroatoms. The van der Waals surface area contributed by atoms with Crippen molar-refractivity contribution in [2.75, 3.05) is 50.7 Å². The maximum atomic E-state index is 13.6. The summed E-state index contributed by atoms with van der Waals surface area (Å²) in [4.78, 5) is 46.0. The summed E-state index contributed by atoms with van der Waals surface area (Å²) in [5.41, 5.74) is 1.12. The minimum atomic E-state index is -4.44. The number of nitrogens with zero attached hydrogens (tertiary/aromatic N) is 4. The number of alkyl halides is 3. The summed E-state index contributed by atoms with van der Waals surface area (Å²) >= 11 is 12.4. The molecule has 0 saturated carbocycles. The fourth-order valence-electron chi connectivity index (χ4n) is 5.34. The third kappa shape index (κ3) is 5.32. The summed E-state index contributed by atoms with van der Waals surface area (Å²) in [6, 6.07) is 8.77. The minimum Gasteiger partial charge on any atom is -0.368 e. The lowest BCUT2D eigenvalue weighted by molar-refractivity contribution is -0.137. The molecule has 5 rings (SSSR count). The van der Waals surface area contributed by atoms with Gasteiger partial charge in [-0.25, -0.2) is 4.79 Å². The van der Waals surface area contributed by atoms with Crippen molar-refractivity contribution in [3.05, 3.63) is 74.9 Å². The van der Waals surface area contributed by atoms with Gasteiger partial charge in [0, 0.05) is 48.5 Å². The predicted molar refractivity (Wildman–Crippen MR) is 144 cm³/mol. The van der Waals surface area contributed by atoms with Gasteiger partial charge in [-0.05, 0) is 42.8 Å². The Morgan fingerprint density at radius 2 is 1.77 bits per heavy atom. The molecule has 2 aromatic rings. The molecule has 8 nitrogen and oxygen atoms in total. The molecule has 3 heterocycles. The molecule has 0 bridgehead atoms. The second-order valence-corrected chi connectivity index (χ2v) is 10.6. The van der Waals surface area contributed by atoms with Crippen LogP contribution in [-0.4, -0.2) is 78.4 Å². The highest BCUT2D eigenvalue weighted by atomic mass is 35.5. The van der Waals surface area contributed by atoms with Crippen LogP contribution >= 0.6 is 23.2 Å². The van der Waals surface area contributed by atoms with E-state index in [1.807, 2.05) is 0 Å². The third-order valence-electron chi connectivity index (χ3n) is 7.38. The minimum absolute atomic E-state index is 0.0904. The fraction of sp³-hybridized carbons (Fsp3) is 0.370. The number of carbonyl (C=O) groups excluding carboxylic acids is 3. The number of urea groups is 1. The second kappa shape index (κ2) is 10.9. The van der Waals surface area contributed by atoms with E-state index in [1.54, 1.807) is 34.9 Å². The summed E-state index contributed by atoms with van der Waals surface area (Å²) < 4.78 is 39.4. The first-order valence-electron chi connectivity index (χ1n) is 12.7. The van der Waals surface area contributed by atoms with Gasteiger partial charge >= 0.3 is 12.2 Å². The highest BCUT2D eigenvalue weighted by Gasteiger charge is 2.45. The van der Waals surface area contributed by atoms with Crippen molar-refractivity contribution in [1.82, 2.24) is 20.0 Å². The van der Waals surface area contributed by atoms with Gasteiger partial charge in [0.05, 0.1) is 29.4 Å². The van der Waals surface area contributed by atoms with Crippen LogP contribution in [0.4, 0.5) is 23.7 Å². The first kappa shape index (κ1) is 28.1. The van der Waals surface area contributed by atoms with E-state index in [-0.39, 0.29) is 30.9 Å². The molecule has 0 aromatic heterocycles. The Kier molecular flexibility index (Phi) is 7.62. The molecule has 1 atom stereocenters. The highest BCUT2D eigenvalue weighted by Crippen LogP contribution is 2.39. The third-order valence-corrected chi connectivity index (χ3v) is 7.95. The number of carbonyl (C=O) groups is 3. The van der Waals surface area contributed by atoms with E-state index in [2.05, 4.69) is 5.32 Å². The molecule has 40 heavy (non-hydrogen) atoms. The monoisotopic (exact) mass is 595 g/mol. The molecule has 212 valence electrons. The van der Waals surface area contributed by atoms with Gasteiger partial charge in [0.2, 0.25) is 5.91 Å². The number of piperazine rings is 1. The Hall–Kier alpha value is -3.44. The molecule has 1 fully saturated rings. The lowest BCUT2D eigenvalue weighted by Crippen LogP contribution is -2.51. The van der Waals surface area contributed by atoms with Crippen molar-refractivity contribution in [3.8, 4) is 0 Å². The zero-order valence-electron chi connectivity index (χ0n) is 21.5. The molecule has 0 radical (unpaired) electrons. The number of amides is 4. The summed E-state index contributed by atoms with van der Waals surface area (Å²) in [7, 11) is 0. The smallest absolute Gasteiger partial charge is 0.368 e. The van der Waals surface area contributed by atoms with Crippen LogP contribution in [0.25, 0.3) is 0 Å². The lowest BCUT2D eigenvalue weighted by Gasteiger charge is -2.37. The number of halogens is 5. The van der Waals surface area contributed by atoms with E-state index in [0.29, 0.717) is 65.3 Å². The van der Waals surface area contributed by atoms with Crippen molar-refractivity contribution in [3.63, 3.8) is 0 Å². The molecule has 3 aliphatic heterocycles. The quantitative estimate of drug-likeness (QED) is 0.550. The maximum Gasteiger partial charge on any atom is 0.416 e. The van der Waals surface area contributed by atoms with E-state index >= 15 is 0 Å². The largest absolute Gasteiger partial charge is 0.416 e. The van der Waals surface area contributed by atoms with Crippen molar-refractivity contribution < 1.29 is 27.6 Å². The molecule has 0 spiro atoms. The molecule has 1 N–H and O–H groups in total. The second-order valence-electron chi connectivity index (χ2n) is 9.73. The molecule has 3 aliphatic rings. The van der Waals surface area contributed by atoms with E-state index in [4.69, 9.17) is 23.2 Å². The number of benzene rings is 2. The topological polar surface area (TPSA) is 76.2 Å². The van der Waals surface area contributed by atoms with Crippen LogP contribution in [0.3, 0.4) is 0 Å². The van der Waals surface area contributed by atoms with Crippen molar-refractivity contribution in [2.24, 2.45) is 0 Å². The Balaban J connectivity index is 1.27.